The van der Waals surface area contributed by atoms with Gasteiger partial charge in [0.15, 0.2) is 0 Å². The second kappa shape index (κ2) is 3.84. The standard InChI is InChI=1S/C13H18FN/c1-13(2)8-7-12(9-13)15-11-5-3-10(14)4-6-11/h3-6,12,15H,7-9H2,1-2H3. The quantitative estimate of drug-likeness (QED) is 0.777. The fourth-order valence-electron chi connectivity index (χ4n) is 2.34. The minimum Gasteiger partial charge on any atom is -0.382 e. The predicted molar refractivity (Wildman–Crippen MR) is 61.4 cm³/mol. The summed E-state index contributed by atoms with van der Waals surface area (Å²) in [6.07, 6.45) is 3.68. The zero-order chi connectivity index (χ0) is 10.9. The van der Waals surface area contributed by atoms with Crippen LogP contribution in [0.2, 0.25) is 0 Å². The molecule has 1 atom stereocenters. The lowest BCUT2D eigenvalue weighted by atomic mass is 9.92. The Morgan fingerprint density at radius 3 is 2.47 bits per heavy atom. The van der Waals surface area contributed by atoms with E-state index in [2.05, 4.69) is 19.2 Å². The molecule has 1 unspecified atom stereocenters. The highest BCUT2D eigenvalue weighted by Crippen LogP contribution is 2.38. The molecule has 0 radical (unpaired) electrons. The second-order valence-electron chi connectivity index (χ2n) is 5.26. The monoisotopic (exact) mass is 207 g/mol. The van der Waals surface area contributed by atoms with E-state index < -0.39 is 0 Å². The zero-order valence-electron chi connectivity index (χ0n) is 9.39. The average molecular weight is 207 g/mol. The topological polar surface area (TPSA) is 12.0 Å². The van der Waals surface area contributed by atoms with Crippen LogP contribution in [0.3, 0.4) is 0 Å². The maximum absolute atomic E-state index is 12.7. The molecule has 1 nitrogen and oxygen atoms in total. The Kier molecular flexibility index (Phi) is 2.68. The molecule has 1 aliphatic carbocycles. The molecule has 0 aromatic heterocycles. The van der Waals surface area contributed by atoms with E-state index in [1.54, 1.807) is 12.1 Å². The molecule has 0 saturated heterocycles. The van der Waals surface area contributed by atoms with Gasteiger partial charge in [0.1, 0.15) is 5.82 Å². The van der Waals surface area contributed by atoms with Gasteiger partial charge in [-0.3, -0.25) is 0 Å². The lowest BCUT2D eigenvalue weighted by Gasteiger charge is -2.18. The fraction of sp³-hybridized carbons (Fsp3) is 0.538. The number of nitrogens with one attached hydrogen (secondary N) is 1. The molecule has 0 bridgehead atoms. The molecule has 1 aromatic carbocycles. The van der Waals surface area contributed by atoms with Crippen LogP contribution in [0, 0.1) is 11.2 Å². The third-order valence-electron chi connectivity index (χ3n) is 3.18. The second-order valence-corrected chi connectivity index (χ2v) is 5.26. The average Bonchev–Trinajstić information content (AvgIpc) is 2.50. The van der Waals surface area contributed by atoms with Crippen LogP contribution in [0.1, 0.15) is 33.1 Å². The molecule has 82 valence electrons. The normalized spacial score (nSPS) is 24.1. The minimum absolute atomic E-state index is 0.174. The van der Waals surface area contributed by atoms with Gasteiger partial charge < -0.3 is 5.32 Å². The Labute approximate surface area is 90.7 Å². The molecule has 1 aliphatic rings. The highest BCUT2D eigenvalue weighted by atomic mass is 19.1. The predicted octanol–water partition coefficient (Wildman–Crippen LogP) is 3.82. The van der Waals surface area contributed by atoms with E-state index in [9.17, 15) is 4.39 Å². The molecular weight excluding hydrogens is 189 g/mol. The van der Waals surface area contributed by atoms with Crippen molar-refractivity contribution in [2.24, 2.45) is 5.41 Å². The van der Waals surface area contributed by atoms with Crippen LogP contribution in [0.4, 0.5) is 10.1 Å². The van der Waals surface area contributed by atoms with Gasteiger partial charge in [-0.2, -0.15) is 0 Å². The molecule has 0 spiro atoms. The van der Waals surface area contributed by atoms with Gasteiger partial charge in [-0.1, -0.05) is 13.8 Å². The van der Waals surface area contributed by atoms with E-state index in [4.69, 9.17) is 0 Å². The molecule has 1 fully saturated rings. The van der Waals surface area contributed by atoms with Gasteiger partial charge in [-0.05, 0) is 48.9 Å². The number of benzene rings is 1. The van der Waals surface area contributed by atoms with Crippen LogP contribution in [0.15, 0.2) is 24.3 Å². The van der Waals surface area contributed by atoms with Gasteiger partial charge in [-0.15, -0.1) is 0 Å². The van der Waals surface area contributed by atoms with Gasteiger partial charge in [0.05, 0.1) is 0 Å². The SMILES string of the molecule is CC1(C)CCC(Nc2ccc(F)cc2)C1. The van der Waals surface area contributed by atoms with E-state index >= 15 is 0 Å². The van der Waals surface area contributed by atoms with E-state index in [0.29, 0.717) is 11.5 Å². The first kappa shape index (κ1) is 10.5. The molecule has 0 heterocycles. The van der Waals surface area contributed by atoms with Gasteiger partial charge in [0, 0.05) is 11.7 Å². The summed E-state index contributed by atoms with van der Waals surface area (Å²) < 4.78 is 12.7. The summed E-state index contributed by atoms with van der Waals surface area (Å²) in [5.74, 6) is -0.174. The number of anilines is 1. The lowest BCUT2D eigenvalue weighted by Crippen LogP contribution is -2.17. The minimum atomic E-state index is -0.174. The molecular formula is C13H18FN. The van der Waals surface area contributed by atoms with E-state index in [-0.39, 0.29) is 5.82 Å². The van der Waals surface area contributed by atoms with Crippen molar-refractivity contribution >= 4 is 5.69 Å². The Morgan fingerprint density at radius 1 is 1.27 bits per heavy atom. The van der Waals surface area contributed by atoms with Crippen LogP contribution in [0.25, 0.3) is 0 Å². The van der Waals surface area contributed by atoms with Crippen LogP contribution in [-0.4, -0.2) is 6.04 Å². The zero-order valence-corrected chi connectivity index (χ0v) is 9.39. The molecule has 0 aliphatic heterocycles. The highest BCUT2D eigenvalue weighted by Gasteiger charge is 2.30. The van der Waals surface area contributed by atoms with Crippen molar-refractivity contribution in [1.29, 1.82) is 0 Å². The first-order valence-electron chi connectivity index (χ1n) is 5.57. The van der Waals surface area contributed by atoms with E-state index in [1.165, 1.54) is 31.4 Å². The molecule has 2 rings (SSSR count). The van der Waals surface area contributed by atoms with Crippen LogP contribution in [-0.2, 0) is 0 Å². The van der Waals surface area contributed by atoms with Gasteiger partial charge in [-0.25, -0.2) is 4.39 Å². The summed E-state index contributed by atoms with van der Waals surface area (Å²) in [4.78, 5) is 0. The summed E-state index contributed by atoms with van der Waals surface area (Å²) in [7, 11) is 0. The number of hydrogen-bond acceptors (Lipinski definition) is 1. The van der Waals surface area contributed by atoms with E-state index in [0.717, 1.165) is 5.69 Å². The van der Waals surface area contributed by atoms with Crippen molar-refractivity contribution in [3.63, 3.8) is 0 Å². The third kappa shape index (κ3) is 2.71. The first-order chi connectivity index (χ1) is 7.05. The number of hydrogen-bond donors (Lipinski definition) is 1. The van der Waals surface area contributed by atoms with Crippen molar-refractivity contribution in [3.8, 4) is 0 Å². The van der Waals surface area contributed by atoms with Crippen molar-refractivity contribution in [2.75, 3.05) is 5.32 Å². The molecule has 1 saturated carbocycles. The summed E-state index contributed by atoms with van der Waals surface area (Å²) in [5.41, 5.74) is 1.48. The van der Waals surface area contributed by atoms with Crippen molar-refractivity contribution in [2.45, 2.75) is 39.2 Å². The Bertz CT molecular complexity index is 329. The number of halogens is 1. The van der Waals surface area contributed by atoms with Gasteiger partial charge in [0.2, 0.25) is 0 Å². The number of rotatable bonds is 2. The molecule has 15 heavy (non-hydrogen) atoms. The summed E-state index contributed by atoms with van der Waals surface area (Å²) in [6, 6.07) is 7.16. The summed E-state index contributed by atoms with van der Waals surface area (Å²) in [5, 5.41) is 3.46. The smallest absolute Gasteiger partial charge is 0.123 e. The lowest BCUT2D eigenvalue weighted by molar-refractivity contribution is 0.378. The molecule has 0 amide bonds. The van der Waals surface area contributed by atoms with Gasteiger partial charge in [0.25, 0.3) is 0 Å². The van der Waals surface area contributed by atoms with Crippen LogP contribution >= 0.6 is 0 Å². The Hall–Kier alpha value is -1.05. The van der Waals surface area contributed by atoms with Crippen molar-refractivity contribution < 1.29 is 4.39 Å². The fourth-order valence-corrected chi connectivity index (χ4v) is 2.34. The first-order valence-corrected chi connectivity index (χ1v) is 5.57. The van der Waals surface area contributed by atoms with Crippen LogP contribution < -0.4 is 5.32 Å². The van der Waals surface area contributed by atoms with Crippen molar-refractivity contribution in [1.82, 2.24) is 0 Å². The molecule has 1 N–H and O–H groups in total. The van der Waals surface area contributed by atoms with Gasteiger partial charge >= 0.3 is 0 Å². The largest absolute Gasteiger partial charge is 0.382 e. The summed E-state index contributed by atoms with van der Waals surface area (Å²) in [6.45, 7) is 4.61. The van der Waals surface area contributed by atoms with E-state index in [1.807, 2.05) is 0 Å². The molecule has 2 heteroatoms. The third-order valence-corrected chi connectivity index (χ3v) is 3.18. The van der Waals surface area contributed by atoms with Crippen molar-refractivity contribution in [3.05, 3.63) is 30.1 Å². The highest BCUT2D eigenvalue weighted by molar-refractivity contribution is 5.44. The summed E-state index contributed by atoms with van der Waals surface area (Å²) >= 11 is 0. The Morgan fingerprint density at radius 2 is 1.93 bits per heavy atom. The van der Waals surface area contributed by atoms with Crippen LogP contribution in [0.5, 0.6) is 0 Å². The maximum Gasteiger partial charge on any atom is 0.123 e. The maximum atomic E-state index is 12.7. The Balaban J connectivity index is 1.96. The molecule has 1 aromatic rings.